The van der Waals surface area contributed by atoms with Gasteiger partial charge >= 0.3 is 0 Å². The molecule has 2 aromatic rings. The van der Waals surface area contributed by atoms with E-state index < -0.39 is 0 Å². The fraction of sp³-hybridized carbons (Fsp3) is 0.231. The van der Waals surface area contributed by atoms with Gasteiger partial charge in [-0.3, -0.25) is 9.78 Å². The number of phenols is 1. The number of aromatic hydroxyl groups is 1. The van der Waals surface area contributed by atoms with Crippen LogP contribution < -0.4 is 10.3 Å². The molecular weight excluding hydrogens is 264 g/mol. The lowest BCUT2D eigenvalue weighted by Gasteiger charge is -2.07. The molecule has 5 nitrogen and oxygen atoms in total. The van der Waals surface area contributed by atoms with E-state index in [4.69, 9.17) is 17.0 Å². The second kappa shape index (κ2) is 5.27. The number of aryl methyl sites for hydroxylation is 1. The Morgan fingerprint density at radius 3 is 2.68 bits per heavy atom. The first kappa shape index (κ1) is 13.4. The van der Waals surface area contributed by atoms with Gasteiger partial charge in [0.2, 0.25) is 0 Å². The van der Waals surface area contributed by atoms with E-state index >= 15 is 0 Å². The summed E-state index contributed by atoms with van der Waals surface area (Å²) in [4.78, 5) is 17.3. The van der Waals surface area contributed by atoms with Crippen LogP contribution in [0.4, 0.5) is 0 Å². The van der Waals surface area contributed by atoms with Crippen LogP contribution in [0.1, 0.15) is 16.8 Å². The lowest BCUT2D eigenvalue weighted by atomic mass is 10.0. The molecule has 1 aromatic heterocycles. The van der Waals surface area contributed by atoms with E-state index in [2.05, 4.69) is 9.97 Å². The molecule has 0 bridgehead atoms. The van der Waals surface area contributed by atoms with Gasteiger partial charge in [-0.1, -0.05) is 6.07 Å². The number of hydrogen-bond acceptors (Lipinski definition) is 4. The van der Waals surface area contributed by atoms with E-state index in [9.17, 15) is 9.90 Å². The quantitative estimate of drug-likeness (QED) is 0.751. The van der Waals surface area contributed by atoms with Gasteiger partial charge < -0.3 is 14.8 Å². The first-order valence-corrected chi connectivity index (χ1v) is 6.10. The van der Waals surface area contributed by atoms with Crippen LogP contribution in [-0.2, 0) is 6.42 Å². The molecular formula is C13H14N2O3S. The zero-order valence-electron chi connectivity index (χ0n) is 10.6. The highest BCUT2D eigenvalue weighted by Crippen LogP contribution is 2.27. The van der Waals surface area contributed by atoms with Crippen molar-refractivity contribution in [2.45, 2.75) is 13.3 Å². The molecule has 0 aliphatic rings. The van der Waals surface area contributed by atoms with E-state index in [0.717, 1.165) is 11.3 Å². The second-order valence-electron chi connectivity index (χ2n) is 4.19. The van der Waals surface area contributed by atoms with Crippen molar-refractivity contribution in [2.75, 3.05) is 7.11 Å². The smallest absolute Gasteiger partial charge is 0.255 e. The minimum absolute atomic E-state index is 0.0537. The molecule has 0 aliphatic heterocycles. The monoisotopic (exact) mass is 278 g/mol. The fourth-order valence-electron chi connectivity index (χ4n) is 1.89. The maximum atomic E-state index is 11.8. The summed E-state index contributed by atoms with van der Waals surface area (Å²) in [6.45, 7) is 1.80. The molecule has 0 radical (unpaired) electrons. The van der Waals surface area contributed by atoms with Gasteiger partial charge in [-0.2, -0.15) is 0 Å². The van der Waals surface area contributed by atoms with Crippen LogP contribution in [0, 0.1) is 11.7 Å². The van der Waals surface area contributed by atoms with Crippen LogP contribution in [0.25, 0.3) is 0 Å². The highest BCUT2D eigenvalue weighted by Gasteiger charge is 2.08. The van der Waals surface area contributed by atoms with Crippen molar-refractivity contribution >= 4 is 12.2 Å². The van der Waals surface area contributed by atoms with Gasteiger partial charge in [0.25, 0.3) is 5.56 Å². The standard InChI is InChI=1S/C13H14N2O3S/c1-7-9(12(17)15-13(19)14-7)5-8-3-4-11(18-2)10(16)6-8/h3-4,6,16H,5H2,1-2H3,(H2,14,15,17,19). The molecule has 100 valence electrons. The molecule has 0 spiro atoms. The van der Waals surface area contributed by atoms with Crippen molar-refractivity contribution in [1.29, 1.82) is 0 Å². The molecule has 19 heavy (non-hydrogen) atoms. The van der Waals surface area contributed by atoms with Crippen LogP contribution in [0.2, 0.25) is 0 Å². The second-order valence-corrected chi connectivity index (χ2v) is 4.60. The maximum absolute atomic E-state index is 11.8. The third-order valence-electron chi connectivity index (χ3n) is 2.88. The number of H-pyrrole nitrogens is 2. The number of nitrogens with one attached hydrogen (secondary N) is 2. The number of phenolic OH excluding ortho intramolecular Hbond substituents is 1. The van der Waals surface area contributed by atoms with Crippen LogP contribution in [-0.4, -0.2) is 22.2 Å². The van der Waals surface area contributed by atoms with E-state index in [1.54, 1.807) is 25.1 Å². The number of benzene rings is 1. The number of rotatable bonds is 3. The molecule has 0 saturated carbocycles. The van der Waals surface area contributed by atoms with Crippen molar-refractivity contribution in [1.82, 2.24) is 9.97 Å². The summed E-state index contributed by atoms with van der Waals surface area (Å²) in [5, 5.41) is 9.72. The van der Waals surface area contributed by atoms with Crippen LogP contribution >= 0.6 is 12.2 Å². The molecule has 0 fully saturated rings. The highest BCUT2D eigenvalue weighted by atomic mass is 32.1. The first-order valence-electron chi connectivity index (χ1n) is 5.69. The summed E-state index contributed by atoms with van der Waals surface area (Å²) in [6.07, 6.45) is 0.408. The molecule has 2 rings (SSSR count). The van der Waals surface area contributed by atoms with Crippen molar-refractivity contribution < 1.29 is 9.84 Å². The van der Waals surface area contributed by atoms with Crippen LogP contribution in [0.15, 0.2) is 23.0 Å². The Morgan fingerprint density at radius 1 is 1.37 bits per heavy atom. The van der Waals surface area contributed by atoms with E-state index in [1.165, 1.54) is 7.11 Å². The summed E-state index contributed by atoms with van der Waals surface area (Å²) in [7, 11) is 1.49. The van der Waals surface area contributed by atoms with Crippen molar-refractivity contribution in [3.05, 3.63) is 50.1 Å². The van der Waals surface area contributed by atoms with Crippen molar-refractivity contribution in [2.24, 2.45) is 0 Å². The predicted octanol–water partition coefficient (Wildman–Crippen LogP) is 2.05. The summed E-state index contributed by atoms with van der Waals surface area (Å²) < 4.78 is 5.28. The molecule has 0 saturated heterocycles. The third kappa shape index (κ3) is 2.85. The zero-order valence-corrected chi connectivity index (χ0v) is 11.4. The van der Waals surface area contributed by atoms with Crippen LogP contribution in [0.5, 0.6) is 11.5 Å². The molecule has 0 unspecified atom stereocenters. The lowest BCUT2D eigenvalue weighted by Crippen LogP contribution is -2.16. The molecule has 1 heterocycles. The zero-order chi connectivity index (χ0) is 14.0. The van der Waals surface area contributed by atoms with E-state index in [0.29, 0.717) is 22.5 Å². The van der Waals surface area contributed by atoms with Gasteiger partial charge in [0.15, 0.2) is 16.3 Å². The van der Waals surface area contributed by atoms with Crippen molar-refractivity contribution in [3.63, 3.8) is 0 Å². The Kier molecular flexibility index (Phi) is 3.71. The average molecular weight is 278 g/mol. The lowest BCUT2D eigenvalue weighted by molar-refractivity contribution is 0.373. The molecule has 1 aromatic carbocycles. The molecule has 0 atom stereocenters. The largest absolute Gasteiger partial charge is 0.504 e. The average Bonchev–Trinajstić information content (AvgIpc) is 2.34. The maximum Gasteiger partial charge on any atom is 0.255 e. The summed E-state index contributed by atoms with van der Waals surface area (Å²) in [5.74, 6) is 0.458. The molecule has 6 heteroatoms. The van der Waals surface area contributed by atoms with Gasteiger partial charge in [-0.05, 0) is 36.8 Å². The first-order chi connectivity index (χ1) is 9.01. The predicted molar refractivity (Wildman–Crippen MR) is 74.4 cm³/mol. The molecule has 0 aliphatic carbocycles. The van der Waals surface area contributed by atoms with Crippen LogP contribution in [0.3, 0.4) is 0 Å². The molecule has 3 N–H and O–H groups in total. The van der Waals surface area contributed by atoms with Gasteiger partial charge in [-0.15, -0.1) is 0 Å². The number of aromatic nitrogens is 2. The summed E-state index contributed by atoms with van der Waals surface area (Å²) in [6, 6.07) is 5.05. The fourth-order valence-corrected chi connectivity index (χ4v) is 2.13. The van der Waals surface area contributed by atoms with Gasteiger partial charge in [0, 0.05) is 17.7 Å². The Labute approximate surface area is 114 Å². The highest BCUT2D eigenvalue weighted by molar-refractivity contribution is 7.71. The minimum atomic E-state index is -0.212. The Morgan fingerprint density at radius 2 is 2.11 bits per heavy atom. The Balaban J connectivity index is 2.39. The topological polar surface area (TPSA) is 78.1 Å². The van der Waals surface area contributed by atoms with Gasteiger partial charge in [0.05, 0.1) is 7.11 Å². The van der Waals surface area contributed by atoms with E-state index in [1.807, 2.05) is 0 Å². The number of methoxy groups -OCH3 is 1. The Bertz CT molecular complexity index is 719. The summed E-state index contributed by atoms with van der Waals surface area (Å²) >= 11 is 4.90. The third-order valence-corrected chi connectivity index (χ3v) is 3.08. The number of ether oxygens (including phenoxy) is 1. The van der Waals surface area contributed by atoms with Crippen molar-refractivity contribution in [3.8, 4) is 11.5 Å². The van der Waals surface area contributed by atoms with Gasteiger partial charge in [0.1, 0.15) is 0 Å². The molecule has 0 amide bonds. The number of aromatic amines is 2. The van der Waals surface area contributed by atoms with Gasteiger partial charge in [-0.25, -0.2) is 0 Å². The Hall–Kier alpha value is -2.08. The minimum Gasteiger partial charge on any atom is -0.504 e. The van der Waals surface area contributed by atoms with E-state index in [-0.39, 0.29) is 11.3 Å². The number of hydrogen-bond donors (Lipinski definition) is 3. The SMILES string of the molecule is COc1ccc(Cc2c(C)[nH]c(=S)[nH]c2=O)cc1O. The summed E-state index contributed by atoms with van der Waals surface area (Å²) in [5.41, 5.74) is 1.93. The normalized spacial score (nSPS) is 10.4.